The molecule has 1 aliphatic heterocycles. The first-order valence-electron chi connectivity index (χ1n) is 10.3. The minimum Gasteiger partial charge on any atom is -0.368 e. The molecule has 30 heavy (non-hydrogen) atoms. The molecule has 3 rings (SSSR count). The van der Waals surface area contributed by atoms with Gasteiger partial charge in [-0.1, -0.05) is 48.0 Å². The molecule has 0 aromatic heterocycles. The van der Waals surface area contributed by atoms with E-state index < -0.39 is 0 Å². The van der Waals surface area contributed by atoms with Crippen molar-refractivity contribution in [3.05, 3.63) is 65.7 Å². The maximum absolute atomic E-state index is 12.6. The van der Waals surface area contributed by atoms with E-state index in [1.165, 1.54) is 11.3 Å². The number of carbonyl (C=O) groups is 1. The van der Waals surface area contributed by atoms with Crippen molar-refractivity contribution < 1.29 is 4.79 Å². The summed E-state index contributed by atoms with van der Waals surface area (Å²) in [5.74, 6) is 0.781. The summed E-state index contributed by atoms with van der Waals surface area (Å²) in [6, 6.07) is 18.7. The molecule has 2 N–H and O–H groups in total. The van der Waals surface area contributed by atoms with Gasteiger partial charge in [0.05, 0.1) is 13.1 Å². The molecule has 1 heterocycles. The van der Waals surface area contributed by atoms with Gasteiger partial charge in [0.2, 0.25) is 5.91 Å². The normalized spacial score (nSPS) is 14.1. The van der Waals surface area contributed by atoms with Gasteiger partial charge >= 0.3 is 0 Å². The van der Waals surface area contributed by atoms with E-state index in [2.05, 4.69) is 76.0 Å². The maximum Gasteiger partial charge on any atom is 0.242 e. The molecule has 0 unspecified atom stereocenters. The minimum absolute atomic E-state index is 0. The van der Waals surface area contributed by atoms with Crippen LogP contribution in [0.4, 0.5) is 5.69 Å². The van der Waals surface area contributed by atoms with Crippen LogP contribution in [0.15, 0.2) is 59.6 Å². The Balaban J connectivity index is 0.00000320. The predicted octanol–water partition coefficient (Wildman–Crippen LogP) is 3.02. The van der Waals surface area contributed by atoms with Gasteiger partial charge < -0.3 is 20.4 Å². The van der Waals surface area contributed by atoms with Crippen LogP contribution < -0.4 is 15.5 Å². The molecule has 0 saturated carbocycles. The highest BCUT2D eigenvalue weighted by Gasteiger charge is 2.21. The second kappa shape index (κ2) is 12.4. The molecule has 0 spiro atoms. The number of benzene rings is 2. The van der Waals surface area contributed by atoms with Gasteiger partial charge in [0.25, 0.3) is 0 Å². The molecule has 2 aromatic carbocycles. The van der Waals surface area contributed by atoms with Crippen LogP contribution in [0.2, 0.25) is 0 Å². The van der Waals surface area contributed by atoms with Gasteiger partial charge in [-0.2, -0.15) is 0 Å². The number of aryl methyl sites for hydroxylation is 1. The summed E-state index contributed by atoms with van der Waals surface area (Å²) in [5.41, 5.74) is 3.60. The lowest BCUT2D eigenvalue weighted by Crippen LogP contribution is -2.52. The lowest BCUT2D eigenvalue weighted by Gasteiger charge is -2.36. The van der Waals surface area contributed by atoms with E-state index in [1.807, 2.05) is 17.9 Å². The van der Waals surface area contributed by atoms with Crippen molar-refractivity contribution in [3.8, 4) is 0 Å². The van der Waals surface area contributed by atoms with Crippen LogP contribution in [0.25, 0.3) is 0 Å². The Kier molecular flexibility index (Phi) is 9.93. The second-order valence-corrected chi connectivity index (χ2v) is 7.24. The smallest absolute Gasteiger partial charge is 0.242 e. The molecular weight excluding hydrogens is 489 g/mol. The first-order chi connectivity index (χ1) is 14.2. The van der Waals surface area contributed by atoms with E-state index in [0.29, 0.717) is 12.5 Å². The molecular formula is C23H32IN5O. The van der Waals surface area contributed by atoms with Crippen LogP contribution >= 0.6 is 24.0 Å². The molecule has 0 bridgehead atoms. The summed E-state index contributed by atoms with van der Waals surface area (Å²) < 4.78 is 0. The predicted molar refractivity (Wildman–Crippen MR) is 135 cm³/mol. The molecule has 7 heteroatoms. The average Bonchev–Trinajstić information content (AvgIpc) is 2.77. The zero-order chi connectivity index (χ0) is 20.5. The Morgan fingerprint density at radius 2 is 1.63 bits per heavy atom. The molecule has 0 radical (unpaired) electrons. The number of nitrogens with one attached hydrogen (secondary N) is 2. The van der Waals surface area contributed by atoms with E-state index >= 15 is 0 Å². The summed E-state index contributed by atoms with van der Waals surface area (Å²) in [6.45, 7) is 8.89. The second-order valence-electron chi connectivity index (χ2n) is 7.24. The first-order valence-corrected chi connectivity index (χ1v) is 10.3. The van der Waals surface area contributed by atoms with E-state index in [0.717, 1.165) is 38.3 Å². The highest BCUT2D eigenvalue weighted by molar-refractivity contribution is 14.0. The fourth-order valence-corrected chi connectivity index (χ4v) is 3.33. The van der Waals surface area contributed by atoms with Crippen LogP contribution in [-0.4, -0.2) is 56.0 Å². The number of nitrogens with zero attached hydrogens (tertiary/aromatic N) is 3. The number of carbonyl (C=O) groups excluding carboxylic acids is 1. The van der Waals surface area contributed by atoms with Crippen LogP contribution in [0, 0.1) is 6.92 Å². The van der Waals surface area contributed by atoms with Crippen molar-refractivity contribution in [2.45, 2.75) is 20.4 Å². The third-order valence-corrected chi connectivity index (χ3v) is 5.05. The largest absolute Gasteiger partial charge is 0.368 e. The van der Waals surface area contributed by atoms with Gasteiger partial charge in [0, 0.05) is 38.4 Å². The molecule has 0 aliphatic carbocycles. The Morgan fingerprint density at radius 1 is 0.967 bits per heavy atom. The SMILES string of the molecule is CCNC(=NCc1ccc(C)cc1)NCC(=O)N1CCN(c2ccccc2)CC1.I. The van der Waals surface area contributed by atoms with Crippen molar-refractivity contribution in [2.24, 2.45) is 4.99 Å². The number of amides is 1. The first kappa shape index (κ1) is 24.0. The molecule has 6 nitrogen and oxygen atoms in total. The Morgan fingerprint density at radius 3 is 2.27 bits per heavy atom. The Bertz CT molecular complexity index is 802. The van der Waals surface area contributed by atoms with E-state index in [9.17, 15) is 4.79 Å². The lowest BCUT2D eigenvalue weighted by molar-refractivity contribution is -0.130. The summed E-state index contributed by atoms with van der Waals surface area (Å²) in [6.07, 6.45) is 0. The van der Waals surface area contributed by atoms with Crippen LogP contribution in [-0.2, 0) is 11.3 Å². The number of aliphatic imine (C=N–C) groups is 1. The molecule has 0 atom stereocenters. The van der Waals surface area contributed by atoms with Crippen LogP contribution in [0.5, 0.6) is 0 Å². The number of anilines is 1. The van der Waals surface area contributed by atoms with Crippen molar-refractivity contribution in [3.63, 3.8) is 0 Å². The van der Waals surface area contributed by atoms with Crippen LogP contribution in [0.1, 0.15) is 18.1 Å². The standard InChI is InChI=1S/C23H31N5O.HI/c1-3-24-23(25-17-20-11-9-19(2)10-12-20)26-18-22(29)28-15-13-27(14-16-28)21-7-5-4-6-8-21;/h4-12H,3,13-18H2,1-2H3,(H2,24,25,26);1H. The molecule has 162 valence electrons. The fourth-order valence-electron chi connectivity index (χ4n) is 3.33. The number of guanidine groups is 1. The quantitative estimate of drug-likeness (QED) is 0.349. The number of para-hydroxylation sites is 1. The number of piperazine rings is 1. The van der Waals surface area contributed by atoms with Gasteiger partial charge in [-0.05, 0) is 31.5 Å². The zero-order valence-corrected chi connectivity index (χ0v) is 20.1. The maximum atomic E-state index is 12.6. The van der Waals surface area contributed by atoms with Crippen molar-refractivity contribution in [1.29, 1.82) is 0 Å². The number of hydrogen-bond donors (Lipinski definition) is 2. The highest BCUT2D eigenvalue weighted by Crippen LogP contribution is 2.15. The average molecular weight is 521 g/mol. The molecule has 2 aromatic rings. The summed E-state index contributed by atoms with van der Waals surface area (Å²) in [7, 11) is 0. The van der Waals surface area contributed by atoms with E-state index in [1.54, 1.807) is 0 Å². The van der Waals surface area contributed by atoms with Crippen LogP contribution in [0.3, 0.4) is 0 Å². The number of halogens is 1. The Hall–Kier alpha value is -2.29. The molecule has 1 saturated heterocycles. The third-order valence-electron chi connectivity index (χ3n) is 5.05. The molecule has 1 amide bonds. The van der Waals surface area contributed by atoms with Crippen molar-refractivity contribution >= 4 is 41.5 Å². The summed E-state index contributed by atoms with van der Waals surface area (Å²) >= 11 is 0. The van der Waals surface area contributed by atoms with Gasteiger partial charge in [-0.3, -0.25) is 4.79 Å². The van der Waals surface area contributed by atoms with Gasteiger partial charge in [-0.15, -0.1) is 24.0 Å². The van der Waals surface area contributed by atoms with Crippen molar-refractivity contribution in [1.82, 2.24) is 15.5 Å². The summed E-state index contributed by atoms with van der Waals surface area (Å²) in [5, 5.41) is 6.39. The minimum atomic E-state index is 0. The van der Waals surface area contributed by atoms with E-state index in [-0.39, 0.29) is 36.4 Å². The highest BCUT2D eigenvalue weighted by atomic mass is 127. The lowest BCUT2D eigenvalue weighted by atomic mass is 10.1. The molecule has 1 fully saturated rings. The van der Waals surface area contributed by atoms with Gasteiger partial charge in [-0.25, -0.2) is 4.99 Å². The van der Waals surface area contributed by atoms with Crippen molar-refractivity contribution in [2.75, 3.05) is 44.2 Å². The number of rotatable bonds is 6. The van der Waals surface area contributed by atoms with E-state index in [4.69, 9.17) is 0 Å². The summed E-state index contributed by atoms with van der Waals surface area (Å²) in [4.78, 5) is 21.5. The number of hydrogen-bond acceptors (Lipinski definition) is 3. The monoisotopic (exact) mass is 521 g/mol. The topological polar surface area (TPSA) is 60.0 Å². The third kappa shape index (κ3) is 7.19. The van der Waals surface area contributed by atoms with Gasteiger partial charge in [0.1, 0.15) is 0 Å². The fraction of sp³-hybridized carbons (Fsp3) is 0.391. The zero-order valence-electron chi connectivity index (χ0n) is 17.8. The Labute approximate surface area is 196 Å². The molecule has 1 aliphatic rings. The van der Waals surface area contributed by atoms with Gasteiger partial charge in [0.15, 0.2) is 5.96 Å².